The van der Waals surface area contributed by atoms with Gasteiger partial charge in [0.2, 0.25) is 0 Å². The Labute approximate surface area is 124 Å². The van der Waals surface area contributed by atoms with Crippen LogP contribution in [0.25, 0.3) is 0 Å². The molecule has 2 rings (SSSR count). The molecule has 0 saturated carbocycles. The lowest BCUT2D eigenvalue weighted by Gasteiger charge is -2.22. The van der Waals surface area contributed by atoms with Crippen LogP contribution in [0, 0.1) is 5.82 Å². The van der Waals surface area contributed by atoms with E-state index in [2.05, 4.69) is 0 Å². The Morgan fingerprint density at radius 2 is 1.85 bits per heavy atom. The SMILES string of the molecule is CCC(c1ccccc1)C(O)Cc1cc(Cl)ccc1F. The third-order valence-electron chi connectivity index (χ3n) is 3.57. The minimum absolute atomic E-state index is 0.00502. The van der Waals surface area contributed by atoms with Crippen molar-refractivity contribution in [1.29, 1.82) is 0 Å². The molecular formula is C17H18ClFO. The number of aliphatic hydroxyl groups excluding tert-OH is 1. The van der Waals surface area contributed by atoms with Gasteiger partial charge in [0, 0.05) is 17.4 Å². The van der Waals surface area contributed by atoms with Gasteiger partial charge in [-0.1, -0.05) is 48.9 Å². The van der Waals surface area contributed by atoms with Crippen LogP contribution < -0.4 is 0 Å². The van der Waals surface area contributed by atoms with E-state index in [4.69, 9.17) is 11.6 Å². The molecule has 0 fully saturated rings. The highest BCUT2D eigenvalue weighted by molar-refractivity contribution is 6.30. The first-order chi connectivity index (χ1) is 9.61. The van der Waals surface area contributed by atoms with E-state index in [0.717, 1.165) is 12.0 Å². The number of aliphatic hydroxyl groups is 1. The minimum atomic E-state index is -0.629. The van der Waals surface area contributed by atoms with Gasteiger partial charge in [-0.2, -0.15) is 0 Å². The summed E-state index contributed by atoms with van der Waals surface area (Å²) >= 11 is 5.88. The van der Waals surface area contributed by atoms with Gasteiger partial charge >= 0.3 is 0 Å². The zero-order chi connectivity index (χ0) is 14.5. The van der Waals surface area contributed by atoms with E-state index in [1.165, 1.54) is 12.1 Å². The zero-order valence-corrected chi connectivity index (χ0v) is 12.1. The molecule has 0 amide bonds. The number of hydrogen-bond acceptors (Lipinski definition) is 1. The van der Waals surface area contributed by atoms with Gasteiger partial charge in [-0.05, 0) is 35.7 Å². The van der Waals surface area contributed by atoms with Gasteiger partial charge < -0.3 is 5.11 Å². The lowest BCUT2D eigenvalue weighted by molar-refractivity contribution is 0.139. The molecule has 0 aliphatic heterocycles. The number of benzene rings is 2. The Morgan fingerprint density at radius 1 is 1.15 bits per heavy atom. The maximum Gasteiger partial charge on any atom is 0.126 e. The van der Waals surface area contributed by atoms with Crippen molar-refractivity contribution >= 4 is 11.6 Å². The third-order valence-corrected chi connectivity index (χ3v) is 3.80. The van der Waals surface area contributed by atoms with Crippen LogP contribution in [-0.4, -0.2) is 11.2 Å². The quantitative estimate of drug-likeness (QED) is 0.855. The molecule has 0 bridgehead atoms. The Balaban J connectivity index is 2.17. The highest BCUT2D eigenvalue weighted by Crippen LogP contribution is 2.27. The van der Waals surface area contributed by atoms with Crippen molar-refractivity contribution in [2.45, 2.75) is 31.8 Å². The van der Waals surface area contributed by atoms with E-state index in [1.807, 2.05) is 37.3 Å². The minimum Gasteiger partial charge on any atom is -0.392 e. The van der Waals surface area contributed by atoms with Gasteiger partial charge in [0.1, 0.15) is 5.82 Å². The van der Waals surface area contributed by atoms with Gasteiger partial charge in [-0.15, -0.1) is 0 Å². The predicted octanol–water partition coefficient (Wildman–Crippen LogP) is 4.58. The summed E-state index contributed by atoms with van der Waals surface area (Å²) in [7, 11) is 0. The first kappa shape index (κ1) is 15.0. The highest BCUT2D eigenvalue weighted by Gasteiger charge is 2.21. The van der Waals surface area contributed by atoms with Crippen LogP contribution >= 0.6 is 11.6 Å². The summed E-state index contributed by atoms with van der Waals surface area (Å²) in [5.74, 6) is -0.328. The number of hydrogen-bond donors (Lipinski definition) is 1. The topological polar surface area (TPSA) is 20.2 Å². The molecule has 0 heterocycles. The van der Waals surface area contributed by atoms with E-state index in [0.29, 0.717) is 10.6 Å². The summed E-state index contributed by atoms with van der Waals surface area (Å²) in [6.07, 6.45) is 0.433. The second-order valence-corrected chi connectivity index (χ2v) is 5.37. The first-order valence-corrected chi connectivity index (χ1v) is 7.16. The molecule has 3 heteroatoms. The molecule has 2 atom stereocenters. The smallest absolute Gasteiger partial charge is 0.126 e. The van der Waals surface area contributed by atoms with Gasteiger partial charge in [0.15, 0.2) is 0 Å². The molecule has 106 valence electrons. The number of halogens is 2. The van der Waals surface area contributed by atoms with Crippen LogP contribution in [0.5, 0.6) is 0 Å². The third kappa shape index (κ3) is 3.59. The molecule has 0 spiro atoms. The lowest BCUT2D eigenvalue weighted by atomic mass is 9.87. The summed E-state index contributed by atoms with van der Waals surface area (Å²) in [5.41, 5.74) is 1.53. The molecule has 1 N–H and O–H groups in total. The molecule has 2 aromatic carbocycles. The van der Waals surface area contributed by atoms with Crippen LogP contribution in [0.4, 0.5) is 4.39 Å². The Kier molecular flexibility index (Phi) is 5.16. The van der Waals surface area contributed by atoms with E-state index >= 15 is 0 Å². The molecule has 20 heavy (non-hydrogen) atoms. The highest BCUT2D eigenvalue weighted by atomic mass is 35.5. The standard InChI is InChI=1S/C17H18ClFO/c1-2-15(12-6-4-3-5-7-12)17(20)11-13-10-14(18)8-9-16(13)19/h3-10,15,17,20H,2,11H2,1H3. The summed E-state index contributed by atoms with van der Waals surface area (Å²) in [6, 6.07) is 14.3. The maximum atomic E-state index is 13.7. The number of rotatable bonds is 5. The van der Waals surface area contributed by atoms with E-state index < -0.39 is 6.10 Å². The van der Waals surface area contributed by atoms with Crippen LogP contribution in [0.1, 0.15) is 30.4 Å². The summed E-state index contributed by atoms with van der Waals surface area (Å²) in [4.78, 5) is 0. The maximum absolute atomic E-state index is 13.7. The van der Waals surface area contributed by atoms with Crippen molar-refractivity contribution in [1.82, 2.24) is 0 Å². The van der Waals surface area contributed by atoms with Gasteiger partial charge in [-0.25, -0.2) is 4.39 Å². The molecule has 0 aromatic heterocycles. The predicted molar refractivity (Wildman–Crippen MR) is 80.6 cm³/mol. The average Bonchev–Trinajstić information content (AvgIpc) is 2.45. The molecule has 0 aliphatic carbocycles. The van der Waals surface area contributed by atoms with Crippen LogP contribution in [0.3, 0.4) is 0 Å². The Morgan fingerprint density at radius 3 is 2.50 bits per heavy atom. The molecule has 2 aromatic rings. The van der Waals surface area contributed by atoms with Gasteiger partial charge in [-0.3, -0.25) is 0 Å². The second kappa shape index (κ2) is 6.87. The van der Waals surface area contributed by atoms with Crippen molar-refractivity contribution in [2.75, 3.05) is 0 Å². The van der Waals surface area contributed by atoms with Crippen LogP contribution in [0.2, 0.25) is 5.02 Å². The molecule has 0 saturated heterocycles. The molecule has 1 nitrogen and oxygen atoms in total. The molecule has 2 unspecified atom stereocenters. The van der Waals surface area contributed by atoms with Crippen molar-refractivity contribution in [3.63, 3.8) is 0 Å². The zero-order valence-electron chi connectivity index (χ0n) is 11.4. The lowest BCUT2D eigenvalue weighted by Crippen LogP contribution is -2.21. The van der Waals surface area contributed by atoms with Crippen molar-refractivity contribution in [3.8, 4) is 0 Å². The fourth-order valence-corrected chi connectivity index (χ4v) is 2.69. The van der Waals surface area contributed by atoms with Gasteiger partial charge in [0.25, 0.3) is 0 Å². The van der Waals surface area contributed by atoms with Crippen LogP contribution in [0.15, 0.2) is 48.5 Å². The van der Waals surface area contributed by atoms with Crippen LogP contribution in [-0.2, 0) is 6.42 Å². The Hall–Kier alpha value is -1.38. The van der Waals surface area contributed by atoms with Crippen molar-refractivity contribution in [3.05, 3.63) is 70.5 Å². The normalized spacial score (nSPS) is 14.0. The first-order valence-electron chi connectivity index (χ1n) is 6.78. The molecule has 0 radical (unpaired) electrons. The summed E-state index contributed by atoms with van der Waals surface area (Å²) < 4.78 is 13.7. The molecule has 0 aliphatic rings. The van der Waals surface area contributed by atoms with E-state index in [1.54, 1.807) is 6.07 Å². The summed E-state index contributed by atoms with van der Waals surface area (Å²) in [5, 5.41) is 10.9. The fourth-order valence-electron chi connectivity index (χ4n) is 2.50. The Bertz CT molecular complexity index is 556. The fraction of sp³-hybridized carbons (Fsp3) is 0.294. The largest absolute Gasteiger partial charge is 0.392 e. The van der Waals surface area contributed by atoms with E-state index in [-0.39, 0.29) is 18.2 Å². The van der Waals surface area contributed by atoms with Crippen molar-refractivity contribution < 1.29 is 9.50 Å². The second-order valence-electron chi connectivity index (χ2n) is 4.93. The van der Waals surface area contributed by atoms with Crippen molar-refractivity contribution in [2.24, 2.45) is 0 Å². The van der Waals surface area contributed by atoms with Gasteiger partial charge in [0.05, 0.1) is 6.10 Å². The van der Waals surface area contributed by atoms with E-state index in [9.17, 15) is 9.50 Å². The average molecular weight is 293 g/mol. The summed E-state index contributed by atoms with van der Waals surface area (Å²) in [6.45, 7) is 2.02. The molecular weight excluding hydrogens is 275 g/mol. The monoisotopic (exact) mass is 292 g/mol.